The number of amides is 1. The smallest absolute Gasteiger partial charge is 0.305 e. The van der Waals surface area contributed by atoms with Crippen LogP contribution in [0.25, 0.3) is 0 Å². The molecular formula is C13H17NO5. The van der Waals surface area contributed by atoms with Gasteiger partial charge in [0.25, 0.3) is 5.91 Å². The predicted molar refractivity (Wildman–Crippen MR) is 65.9 cm³/mol. The van der Waals surface area contributed by atoms with Gasteiger partial charge in [-0.3, -0.25) is 9.59 Å². The van der Waals surface area contributed by atoms with Crippen molar-refractivity contribution >= 4 is 11.9 Å². The van der Waals surface area contributed by atoms with Crippen molar-refractivity contribution in [3.63, 3.8) is 0 Å². The number of carboxylic acid groups (broad SMARTS) is 1. The Kier molecular flexibility index (Phi) is 3.90. The molecule has 0 aromatic carbocycles. The number of furan rings is 1. The van der Waals surface area contributed by atoms with E-state index in [1.54, 1.807) is 25.0 Å². The standard InChI is InChI=1S/C13H17NO5/c1-8-3-9(7-19-8)13(17)14-6-11(18-2)4-10(14)5-12(15)16/h3,7,10-11H,4-6H2,1-2H3,(H,15,16). The molecule has 0 radical (unpaired) electrons. The molecule has 1 N–H and O–H groups in total. The summed E-state index contributed by atoms with van der Waals surface area (Å²) in [6.45, 7) is 2.17. The highest BCUT2D eigenvalue weighted by atomic mass is 16.5. The third kappa shape index (κ3) is 2.96. The maximum atomic E-state index is 12.3. The third-order valence-corrected chi connectivity index (χ3v) is 3.36. The summed E-state index contributed by atoms with van der Waals surface area (Å²) < 4.78 is 10.4. The lowest BCUT2D eigenvalue weighted by atomic mass is 10.1. The highest BCUT2D eigenvalue weighted by molar-refractivity contribution is 5.94. The lowest BCUT2D eigenvalue weighted by Gasteiger charge is -2.22. The van der Waals surface area contributed by atoms with Crippen LogP contribution in [0, 0.1) is 6.92 Å². The van der Waals surface area contributed by atoms with E-state index in [1.807, 2.05) is 0 Å². The number of carboxylic acids is 1. The van der Waals surface area contributed by atoms with Gasteiger partial charge in [-0.2, -0.15) is 0 Å². The van der Waals surface area contributed by atoms with Crippen LogP contribution in [-0.2, 0) is 9.53 Å². The van der Waals surface area contributed by atoms with Crippen LogP contribution in [0.4, 0.5) is 0 Å². The summed E-state index contributed by atoms with van der Waals surface area (Å²) in [4.78, 5) is 24.8. The number of methoxy groups -OCH3 is 1. The average molecular weight is 267 g/mol. The first-order valence-corrected chi connectivity index (χ1v) is 6.12. The molecule has 19 heavy (non-hydrogen) atoms. The van der Waals surface area contributed by atoms with Crippen LogP contribution in [0.3, 0.4) is 0 Å². The molecule has 0 spiro atoms. The molecule has 2 rings (SSSR count). The van der Waals surface area contributed by atoms with Crippen LogP contribution in [0.5, 0.6) is 0 Å². The maximum absolute atomic E-state index is 12.3. The van der Waals surface area contributed by atoms with E-state index in [4.69, 9.17) is 14.3 Å². The van der Waals surface area contributed by atoms with Crippen molar-refractivity contribution in [3.05, 3.63) is 23.7 Å². The summed E-state index contributed by atoms with van der Waals surface area (Å²) in [6, 6.07) is 1.32. The van der Waals surface area contributed by atoms with Gasteiger partial charge < -0.3 is 19.2 Å². The maximum Gasteiger partial charge on any atom is 0.305 e. The zero-order valence-corrected chi connectivity index (χ0v) is 11.0. The number of rotatable bonds is 4. The van der Waals surface area contributed by atoms with E-state index < -0.39 is 5.97 Å². The molecule has 0 bridgehead atoms. The molecule has 1 saturated heterocycles. The number of hydrogen-bond donors (Lipinski definition) is 1. The minimum atomic E-state index is -0.914. The Morgan fingerprint density at radius 1 is 1.58 bits per heavy atom. The van der Waals surface area contributed by atoms with Gasteiger partial charge in [-0.05, 0) is 19.4 Å². The number of carbonyl (C=O) groups is 2. The van der Waals surface area contributed by atoms with Crippen LogP contribution < -0.4 is 0 Å². The number of aryl methyl sites for hydroxylation is 1. The fraction of sp³-hybridized carbons (Fsp3) is 0.538. The first-order valence-electron chi connectivity index (χ1n) is 6.12. The summed E-state index contributed by atoms with van der Waals surface area (Å²) in [5.41, 5.74) is 0.449. The highest BCUT2D eigenvalue weighted by Gasteiger charge is 2.37. The molecule has 1 aromatic heterocycles. The van der Waals surface area contributed by atoms with Gasteiger partial charge >= 0.3 is 5.97 Å². The Hall–Kier alpha value is -1.82. The number of likely N-dealkylation sites (tertiary alicyclic amines) is 1. The minimum Gasteiger partial charge on any atom is -0.481 e. The Labute approximate surface area is 110 Å². The van der Waals surface area contributed by atoms with E-state index in [1.165, 1.54) is 6.26 Å². The van der Waals surface area contributed by atoms with Crippen LogP contribution >= 0.6 is 0 Å². The van der Waals surface area contributed by atoms with E-state index in [2.05, 4.69) is 0 Å². The molecule has 1 amide bonds. The number of carbonyl (C=O) groups excluding carboxylic acids is 1. The second-order valence-electron chi connectivity index (χ2n) is 4.75. The summed E-state index contributed by atoms with van der Waals surface area (Å²) >= 11 is 0. The van der Waals surface area contributed by atoms with Crippen molar-refractivity contribution in [2.45, 2.75) is 31.9 Å². The first-order chi connectivity index (χ1) is 9.01. The molecule has 1 fully saturated rings. The molecule has 104 valence electrons. The monoisotopic (exact) mass is 267 g/mol. The summed E-state index contributed by atoms with van der Waals surface area (Å²) in [5, 5.41) is 8.91. The van der Waals surface area contributed by atoms with E-state index >= 15 is 0 Å². The lowest BCUT2D eigenvalue weighted by molar-refractivity contribution is -0.137. The lowest BCUT2D eigenvalue weighted by Crippen LogP contribution is -2.37. The van der Waals surface area contributed by atoms with E-state index in [0.29, 0.717) is 24.3 Å². The van der Waals surface area contributed by atoms with Gasteiger partial charge in [-0.25, -0.2) is 0 Å². The Morgan fingerprint density at radius 3 is 2.84 bits per heavy atom. The van der Waals surface area contributed by atoms with E-state index in [0.717, 1.165) is 0 Å². The second kappa shape index (κ2) is 5.44. The predicted octanol–water partition coefficient (Wildman–Crippen LogP) is 1.29. The molecule has 1 aliphatic heterocycles. The SMILES string of the molecule is COC1CC(CC(=O)O)N(C(=O)c2coc(C)c2)C1. The fourth-order valence-corrected chi connectivity index (χ4v) is 2.41. The summed E-state index contributed by atoms with van der Waals surface area (Å²) in [7, 11) is 1.57. The Balaban J connectivity index is 2.15. The summed E-state index contributed by atoms with van der Waals surface area (Å²) in [5.74, 6) is -0.466. The normalized spacial score (nSPS) is 22.7. The van der Waals surface area contributed by atoms with Crippen LogP contribution in [0.1, 0.15) is 29.0 Å². The van der Waals surface area contributed by atoms with E-state index in [-0.39, 0.29) is 24.5 Å². The quantitative estimate of drug-likeness (QED) is 0.889. The molecule has 0 saturated carbocycles. The Morgan fingerprint density at radius 2 is 2.32 bits per heavy atom. The molecule has 1 aliphatic rings. The van der Waals surface area contributed by atoms with E-state index in [9.17, 15) is 9.59 Å². The largest absolute Gasteiger partial charge is 0.481 e. The van der Waals surface area contributed by atoms with Gasteiger partial charge in [0, 0.05) is 19.7 Å². The second-order valence-corrected chi connectivity index (χ2v) is 4.75. The fourth-order valence-electron chi connectivity index (χ4n) is 2.41. The number of nitrogens with zero attached hydrogens (tertiary/aromatic N) is 1. The van der Waals surface area contributed by atoms with Gasteiger partial charge in [0.1, 0.15) is 12.0 Å². The molecule has 2 heterocycles. The van der Waals surface area contributed by atoms with Crippen molar-refractivity contribution in [2.75, 3.05) is 13.7 Å². The van der Waals surface area contributed by atoms with Crippen molar-refractivity contribution < 1.29 is 23.8 Å². The molecule has 6 nitrogen and oxygen atoms in total. The molecular weight excluding hydrogens is 250 g/mol. The highest BCUT2D eigenvalue weighted by Crippen LogP contribution is 2.25. The topological polar surface area (TPSA) is 80.0 Å². The van der Waals surface area contributed by atoms with Crippen molar-refractivity contribution in [3.8, 4) is 0 Å². The van der Waals surface area contributed by atoms with Crippen molar-refractivity contribution in [1.29, 1.82) is 0 Å². The zero-order valence-electron chi connectivity index (χ0n) is 11.0. The van der Waals surface area contributed by atoms with Crippen molar-refractivity contribution in [2.24, 2.45) is 0 Å². The van der Waals surface area contributed by atoms with Gasteiger partial charge in [0.05, 0.1) is 18.1 Å². The number of ether oxygens (including phenoxy) is 1. The van der Waals surface area contributed by atoms with Gasteiger partial charge in [0.15, 0.2) is 0 Å². The molecule has 6 heteroatoms. The van der Waals surface area contributed by atoms with Crippen molar-refractivity contribution in [1.82, 2.24) is 4.90 Å². The molecule has 1 aromatic rings. The average Bonchev–Trinajstić information content (AvgIpc) is 2.94. The zero-order chi connectivity index (χ0) is 14.0. The minimum absolute atomic E-state index is 0.0670. The van der Waals surface area contributed by atoms with Gasteiger partial charge in [0.2, 0.25) is 0 Å². The Bertz CT molecular complexity index is 481. The number of hydrogen-bond acceptors (Lipinski definition) is 4. The molecule has 0 aliphatic carbocycles. The molecule has 2 atom stereocenters. The number of aliphatic carboxylic acids is 1. The van der Waals surface area contributed by atoms with Crippen LogP contribution in [0.15, 0.2) is 16.7 Å². The first kappa shape index (κ1) is 13.6. The van der Waals surface area contributed by atoms with Crippen LogP contribution in [-0.4, -0.2) is 47.7 Å². The molecule has 2 unspecified atom stereocenters. The third-order valence-electron chi connectivity index (χ3n) is 3.36. The summed E-state index contributed by atoms with van der Waals surface area (Å²) in [6.07, 6.45) is 1.77. The van der Waals surface area contributed by atoms with Gasteiger partial charge in [-0.1, -0.05) is 0 Å². The van der Waals surface area contributed by atoms with Crippen LogP contribution in [0.2, 0.25) is 0 Å². The van der Waals surface area contributed by atoms with Gasteiger partial charge in [-0.15, -0.1) is 0 Å².